The van der Waals surface area contributed by atoms with Crippen molar-refractivity contribution in [2.45, 2.75) is 33.0 Å². The van der Waals surface area contributed by atoms with Gasteiger partial charge in [0, 0.05) is 31.0 Å². The monoisotopic (exact) mass is 289 g/mol. The Morgan fingerprint density at radius 2 is 1.90 bits per heavy atom. The van der Waals surface area contributed by atoms with Crippen molar-refractivity contribution >= 4 is 0 Å². The number of aryl methyl sites for hydroxylation is 1. The highest BCUT2D eigenvalue weighted by Crippen LogP contribution is 2.25. The van der Waals surface area contributed by atoms with Crippen molar-refractivity contribution < 1.29 is 4.74 Å². The Kier molecular flexibility index (Phi) is 5.22. The van der Waals surface area contributed by atoms with E-state index >= 15 is 0 Å². The number of nitrogens with zero attached hydrogens (tertiary/aromatic N) is 2. The SMILES string of the molecule is CCOc1ccccc1C(Cn1ccn(CC)c1=O)NC. The Hall–Kier alpha value is -2.01. The summed E-state index contributed by atoms with van der Waals surface area (Å²) in [7, 11) is 1.90. The normalized spacial score (nSPS) is 12.3. The number of para-hydroxylation sites is 1. The summed E-state index contributed by atoms with van der Waals surface area (Å²) in [5, 5.41) is 3.27. The first-order valence-corrected chi connectivity index (χ1v) is 7.35. The molecule has 0 saturated carbocycles. The Morgan fingerprint density at radius 1 is 1.19 bits per heavy atom. The molecule has 0 spiro atoms. The maximum absolute atomic E-state index is 12.2. The Balaban J connectivity index is 2.27. The molecule has 0 fully saturated rings. The molecular weight excluding hydrogens is 266 g/mol. The molecule has 0 radical (unpaired) electrons. The van der Waals surface area contributed by atoms with E-state index in [2.05, 4.69) is 5.32 Å². The number of ether oxygens (including phenoxy) is 1. The molecule has 114 valence electrons. The standard InChI is InChI=1S/C16H23N3O2/c1-4-18-10-11-19(16(18)20)12-14(17-3)13-8-6-7-9-15(13)21-5-2/h6-11,14,17H,4-5,12H2,1-3H3. The van der Waals surface area contributed by atoms with Gasteiger partial charge in [0.2, 0.25) is 0 Å². The van der Waals surface area contributed by atoms with Crippen LogP contribution in [0.1, 0.15) is 25.5 Å². The highest BCUT2D eigenvalue weighted by molar-refractivity contribution is 5.35. The summed E-state index contributed by atoms with van der Waals surface area (Å²) in [4.78, 5) is 12.2. The zero-order valence-corrected chi connectivity index (χ0v) is 12.9. The predicted molar refractivity (Wildman–Crippen MR) is 83.8 cm³/mol. The minimum Gasteiger partial charge on any atom is -0.494 e. The van der Waals surface area contributed by atoms with Crippen LogP contribution in [0.25, 0.3) is 0 Å². The van der Waals surface area contributed by atoms with Gasteiger partial charge in [-0.15, -0.1) is 0 Å². The molecule has 21 heavy (non-hydrogen) atoms. The number of benzene rings is 1. The first-order valence-electron chi connectivity index (χ1n) is 7.35. The maximum atomic E-state index is 12.2. The molecule has 5 nitrogen and oxygen atoms in total. The van der Waals surface area contributed by atoms with Crippen molar-refractivity contribution in [3.8, 4) is 5.75 Å². The third-order valence-electron chi connectivity index (χ3n) is 3.58. The zero-order chi connectivity index (χ0) is 15.2. The fourth-order valence-corrected chi connectivity index (χ4v) is 2.43. The van der Waals surface area contributed by atoms with E-state index in [9.17, 15) is 4.79 Å². The van der Waals surface area contributed by atoms with Crippen molar-refractivity contribution in [1.82, 2.24) is 14.5 Å². The second-order valence-electron chi connectivity index (χ2n) is 4.83. The molecule has 1 atom stereocenters. The van der Waals surface area contributed by atoms with E-state index in [1.54, 1.807) is 9.13 Å². The first-order chi connectivity index (χ1) is 10.2. The van der Waals surface area contributed by atoms with Crippen molar-refractivity contribution in [2.75, 3.05) is 13.7 Å². The molecule has 1 N–H and O–H groups in total. The molecule has 1 aromatic heterocycles. The Labute approximate surface area is 125 Å². The summed E-state index contributed by atoms with van der Waals surface area (Å²) in [5.41, 5.74) is 1.09. The van der Waals surface area contributed by atoms with Crippen LogP contribution in [0.3, 0.4) is 0 Å². The summed E-state index contributed by atoms with van der Waals surface area (Å²) in [6, 6.07) is 7.97. The van der Waals surface area contributed by atoms with E-state index in [0.29, 0.717) is 19.7 Å². The smallest absolute Gasteiger partial charge is 0.328 e. The van der Waals surface area contributed by atoms with E-state index in [-0.39, 0.29) is 11.7 Å². The first kappa shape index (κ1) is 15.4. The van der Waals surface area contributed by atoms with Crippen LogP contribution in [0.4, 0.5) is 0 Å². The van der Waals surface area contributed by atoms with Gasteiger partial charge in [-0.1, -0.05) is 18.2 Å². The van der Waals surface area contributed by atoms with E-state index in [1.807, 2.05) is 57.6 Å². The summed E-state index contributed by atoms with van der Waals surface area (Å²) in [5.74, 6) is 0.863. The highest BCUT2D eigenvalue weighted by Gasteiger charge is 2.16. The third-order valence-corrected chi connectivity index (χ3v) is 3.58. The zero-order valence-electron chi connectivity index (χ0n) is 12.9. The lowest BCUT2D eigenvalue weighted by Crippen LogP contribution is -2.30. The van der Waals surface area contributed by atoms with E-state index in [4.69, 9.17) is 4.74 Å². The number of imidazole rings is 1. The van der Waals surface area contributed by atoms with E-state index in [1.165, 1.54) is 0 Å². The largest absolute Gasteiger partial charge is 0.494 e. The summed E-state index contributed by atoms with van der Waals surface area (Å²) < 4.78 is 9.11. The maximum Gasteiger partial charge on any atom is 0.328 e. The van der Waals surface area contributed by atoms with Gasteiger partial charge in [0.05, 0.1) is 12.6 Å². The molecule has 2 aromatic rings. The van der Waals surface area contributed by atoms with Crippen LogP contribution in [0.2, 0.25) is 0 Å². The third kappa shape index (κ3) is 3.36. The summed E-state index contributed by atoms with van der Waals surface area (Å²) in [6.07, 6.45) is 3.66. The fourth-order valence-electron chi connectivity index (χ4n) is 2.43. The lowest BCUT2D eigenvalue weighted by atomic mass is 10.1. The topological polar surface area (TPSA) is 48.2 Å². The second kappa shape index (κ2) is 7.13. The molecule has 0 saturated heterocycles. The van der Waals surface area contributed by atoms with Gasteiger partial charge in [0.15, 0.2) is 0 Å². The molecule has 0 aliphatic carbocycles. The molecule has 1 heterocycles. The second-order valence-corrected chi connectivity index (χ2v) is 4.83. The van der Waals surface area contributed by atoms with Gasteiger partial charge in [-0.2, -0.15) is 0 Å². The van der Waals surface area contributed by atoms with Crippen LogP contribution in [0.5, 0.6) is 5.75 Å². The quantitative estimate of drug-likeness (QED) is 0.848. The highest BCUT2D eigenvalue weighted by atomic mass is 16.5. The molecule has 1 aromatic carbocycles. The molecule has 1 unspecified atom stereocenters. The van der Waals surface area contributed by atoms with Crippen LogP contribution < -0.4 is 15.7 Å². The number of hydrogen-bond acceptors (Lipinski definition) is 3. The van der Waals surface area contributed by atoms with Crippen molar-refractivity contribution in [3.63, 3.8) is 0 Å². The fraction of sp³-hybridized carbons (Fsp3) is 0.438. The van der Waals surface area contributed by atoms with Crippen molar-refractivity contribution in [2.24, 2.45) is 0 Å². The minimum atomic E-state index is 0.0200. The van der Waals surface area contributed by atoms with Crippen LogP contribution >= 0.6 is 0 Å². The lowest BCUT2D eigenvalue weighted by Gasteiger charge is -2.20. The molecule has 2 rings (SSSR count). The summed E-state index contributed by atoms with van der Waals surface area (Å²) in [6.45, 7) is 5.82. The van der Waals surface area contributed by atoms with Crippen molar-refractivity contribution in [1.29, 1.82) is 0 Å². The van der Waals surface area contributed by atoms with Gasteiger partial charge < -0.3 is 10.1 Å². The van der Waals surface area contributed by atoms with Gasteiger partial charge in [-0.05, 0) is 27.0 Å². The van der Waals surface area contributed by atoms with E-state index in [0.717, 1.165) is 11.3 Å². The molecule has 0 aliphatic heterocycles. The molecule has 0 aliphatic rings. The van der Waals surface area contributed by atoms with Crippen LogP contribution in [-0.2, 0) is 13.1 Å². The van der Waals surface area contributed by atoms with Crippen LogP contribution in [-0.4, -0.2) is 22.8 Å². The number of nitrogens with one attached hydrogen (secondary N) is 1. The molecular formula is C16H23N3O2. The number of likely N-dealkylation sites (N-methyl/N-ethyl adjacent to an activating group) is 1. The predicted octanol–water partition coefficient (Wildman–Crippen LogP) is 2.03. The van der Waals surface area contributed by atoms with Gasteiger partial charge >= 0.3 is 5.69 Å². The molecule has 0 bridgehead atoms. The van der Waals surface area contributed by atoms with Gasteiger partial charge in [0.1, 0.15) is 5.75 Å². The Morgan fingerprint density at radius 3 is 2.52 bits per heavy atom. The van der Waals surface area contributed by atoms with Crippen LogP contribution in [0.15, 0.2) is 41.5 Å². The lowest BCUT2D eigenvalue weighted by molar-refractivity contribution is 0.329. The van der Waals surface area contributed by atoms with Crippen molar-refractivity contribution in [3.05, 3.63) is 52.7 Å². The minimum absolute atomic E-state index is 0.0200. The number of aromatic nitrogens is 2. The average Bonchev–Trinajstić information content (AvgIpc) is 2.86. The Bertz CT molecular complexity index is 630. The summed E-state index contributed by atoms with van der Waals surface area (Å²) >= 11 is 0. The number of rotatable bonds is 7. The number of hydrogen-bond donors (Lipinski definition) is 1. The van der Waals surface area contributed by atoms with Crippen LogP contribution in [0, 0.1) is 0 Å². The van der Waals surface area contributed by atoms with E-state index < -0.39 is 0 Å². The van der Waals surface area contributed by atoms with Gasteiger partial charge in [0.25, 0.3) is 0 Å². The van der Waals surface area contributed by atoms with Gasteiger partial charge in [-0.3, -0.25) is 9.13 Å². The van der Waals surface area contributed by atoms with Gasteiger partial charge in [-0.25, -0.2) is 4.79 Å². The average molecular weight is 289 g/mol. The molecule has 0 amide bonds. The molecule has 5 heteroatoms.